The van der Waals surface area contributed by atoms with Gasteiger partial charge in [0.15, 0.2) is 0 Å². The number of carbonyl (C=O) groups is 3. The fourth-order valence-electron chi connectivity index (χ4n) is 2.32. The van der Waals surface area contributed by atoms with E-state index in [9.17, 15) is 19.5 Å². The van der Waals surface area contributed by atoms with Crippen LogP contribution in [0.5, 0.6) is 0 Å². The summed E-state index contributed by atoms with van der Waals surface area (Å²) in [6, 6.07) is 10.0. The number of esters is 2. The average Bonchev–Trinajstić information content (AvgIpc) is 2.60. The molecule has 0 fully saturated rings. The molecule has 0 aliphatic rings. The molecular formula is C19H18O6. The van der Waals surface area contributed by atoms with Gasteiger partial charge in [-0.15, -0.1) is 0 Å². The molecule has 0 amide bonds. The van der Waals surface area contributed by atoms with Crippen molar-refractivity contribution in [1.82, 2.24) is 0 Å². The number of fused-ring (bicyclic) bond motifs is 1. The van der Waals surface area contributed by atoms with Gasteiger partial charge in [-0.05, 0) is 23.8 Å². The Hall–Kier alpha value is -3.15. The molecule has 0 unspecified atom stereocenters. The minimum Gasteiger partial charge on any atom is -0.478 e. The number of benzene rings is 2. The Labute approximate surface area is 144 Å². The lowest BCUT2D eigenvalue weighted by Gasteiger charge is -2.10. The quantitative estimate of drug-likeness (QED) is 0.472. The zero-order valence-electron chi connectivity index (χ0n) is 13.7. The van der Waals surface area contributed by atoms with Crippen molar-refractivity contribution in [2.75, 3.05) is 13.2 Å². The van der Waals surface area contributed by atoms with E-state index in [1.807, 2.05) is 0 Å². The van der Waals surface area contributed by atoms with Crippen LogP contribution in [0.4, 0.5) is 0 Å². The van der Waals surface area contributed by atoms with Gasteiger partial charge in [-0.25, -0.2) is 14.4 Å². The molecule has 0 aliphatic carbocycles. The normalized spacial score (nSPS) is 10.8. The van der Waals surface area contributed by atoms with Crippen molar-refractivity contribution < 1.29 is 29.0 Å². The van der Waals surface area contributed by atoms with Gasteiger partial charge in [0.25, 0.3) is 0 Å². The number of carbonyl (C=O) groups excluding carboxylic acids is 2. The molecule has 0 saturated carbocycles. The topological polar surface area (TPSA) is 89.9 Å². The first-order chi connectivity index (χ1) is 12.0. The summed E-state index contributed by atoms with van der Waals surface area (Å²) in [5.41, 5.74) is -0.0836. The summed E-state index contributed by atoms with van der Waals surface area (Å²) in [6.45, 7) is 1.83. The number of hydrogen-bond donors (Lipinski definition) is 1. The van der Waals surface area contributed by atoms with Gasteiger partial charge in [-0.2, -0.15) is 0 Å². The molecule has 6 heteroatoms. The van der Waals surface area contributed by atoms with Crippen molar-refractivity contribution in [3.63, 3.8) is 0 Å². The molecule has 25 heavy (non-hydrogen) atoms. The highest BCUT2D eigenvalue weighted by atomic mass is 16.5. The third-order valence-electron chi connectivity index (χ3n) is 3.43. The highest BCUT2D eigenvalue weighted by Crippen LogP contribution is 2.23. The molecule has 0 radical (unpaired) electrons. The van der Waals surface area contributed by atoms with E-state index in [2.05, 4.69) is 0 Å². The summed E-state index contributed by atoms with van der Waals surface area (Å²) in [5, 5.41) is 10.6. The number of aromatic carboxylic acids is 1. The molecule has 130 valence electrons. The first-order valence-electron chi connectivity index (χ1n) is 7.76. The van der Waals surface area contributed by atoms with Crippen molar-refractivity contribution in [3.8, 4) is 0 Å². The molecule has 0 saturated heterocycles. The summed E-state index contributed by atoms with van der Waals surface area (Å²) >= 11 is 0. The van der Waals surface area contributed by atoms with Gasteiger partial charge in [0.05, 0.1) is 24.3 Å². The van der Waals surface area contributed by atoms with E-state index < -0.39 is 17.9 Å². The first kappa shape index (κ1) is 18.2. The zero-order valence-corrected chi connectivity index (χ0v) is 13.7. The molecule has 2 aromatic carbocycles. The van der Waals surface area contributed by atoms with Crippen LogP contribution in [0.1, 0.15) is 34.1 Å². The van der Waals surface area contributed by atoms with Crippen LogP contribution >= 0.6 is 0 Å². The molecule has 0 atom stereocenters. The number of allylic oxidation sites excluding steroid dienone is 1. The summed E-state index contributed by atoms with van der Waals surface area (Å²) in [5.74, 6) is -2.37. The first-order valence-corrected chi connectivity index (χ1v) is 7.76. The maximum Gasteiger partial charge on any atom is 0.339 e. The lowest BCUT2D eigenvalue weighted by atomic mass is 9.99. The third-order valence-corrected chi connectivity index (χ3v) is 3.43. The van der Waals surface area contributed by atoms with Gasteiger partial charge in [-0.1, -0.05) is 36.4 Å². The standard InChI is InChI=1S/C19H18O6/c1-2-6-16(20)24-11-5-12-25-19(23)17-14-8-4-3-7-13(14)9-10-15(17)18(21)22/h2-4,6-10H,5,11-12H2,1H3,(H,21,22). The lowest BCUT2D eigenvalue weighted by molar-refractivity contribution is -0.138. The average molecular weight is 342 g/mol. The van der Waals surface area contributed by atoms with Crippen LogP contribution in [-0.2, 0) is 14.3 Å². The smallest absolute Gasteiger partial charge is 0.339 e. The minimum atomic E-state index is -1.20. The van der Waals surface area contributed by atoms with E-state index in [-0.39, 0.29) is 24.3 Å². The van der Waals surface area contributed by atoms with E-state index in [0.29, 0.717) is 11.8 Å². The number of hydrogen-bond acceptors (Lipinski definition) is 5. The van der Waals surface area contributed by atoms with Crippen LogP contribution in [0.3, 0.4) is 0 Å². The Morgan fingerprint density at radius 3 is 2.48 bits per heavy atom. The molecular weight excluding hydrogens is 324 g/mol. The summed E-state index contributed by atoms with van der Waals surface area (Å²) in [4.78, 5) is 34.9. The van der Waals surface area contributed by atoms with E-state index in [1.54, 1.807) is 43.3 Å². The van der Waals surface area contributed by atoms with E-state index in [4.69, 9.17) is 9.47 Å². The van der Waals surface area contributed by atoms with Gasteiger partial charge < -0.3 is 14.6 Å². The van der Waals surface area contributed by atoms with Crippen LogP contribution in [-0.4, -0.2) is 36.2 Å². The van der Waals surface area contributed by atoms with Crippen molar-refractivity contribution in [2.24, 2.45) is 0 Å². The summed E-state index contributed by atoms with van der Waals surface area (Å²) in [7, 11) is 0. The van der Waals surface area contributed by atoms with Crippen LogP contribution < -0.4 is 0 Å². The maximum atomic E-state index is 12.4. The second kappa shape index (κ2) is 8.63. The van der Waals surface area contributed by atoms with Crippen molar-refractivity contribution in [1.29, 1.82) is 0 Å². The fourth-order valence-corrected chi connectivity index (χ4v) is 2.32. The van der Waals surface area contributed by atoms with Gasteiger partial charge in [0.1, 0.15) is 0 Å². The number of rotatable bonds is 7. The number of carboxylic acids is 1. The zero-order chi connectivity index (χ0) is 18.2. The molecule has 2 rings (SSSR count). The Balaban J connectivity index is 2.07. The Kier molecular flexibility index (Phi) is 6.28. The molecule has 0 aromatic heterocycles. The number of ether oxygens (including phenoxy) is 2. The SMILES string of the molecule is CC=CC(=O)OCCCOC(=O)c1c(C(=O)O)ccc2ccccc12. The molecule has 0 aliphatic heterocycles. The second-order valence-corrected chi connectivity index (χ2v) is 5.17. The largest absolute Gasteiger partial charge is 0.478 e. The molecule has 2 aromatic rings. The van der Waals surface area contributed by atoms with E-state index in [0.717, 1.165) is 5.39 Å². The van der Waals surface area contributed by atoms with Gasteiger partial charge in [-0.3, -0.25) is 0 Å². The fraction of sp³-hybridized carbons (Fsp3) is 0.211. The van der Waals surface area contributed by atoms with Crippen LogP contribution in [0.25, 0.3) is 10.8 Å². The van der Waals surface area contributed by atoms with Gasteiger partial charge >= 0.3 is 17.9 Å². The van der Waals surface area contributed by atoms with Crippen molar-refractivity contribution in [2.45, 2.75) is 13.3 Å². The van der Waals surface area contributed by atoms with Gasteiger partial charge in [0, 0.05) is 12.5 Å². The Morgan fingerprint density at radius 1 is 1.04 bits per heavy atom. The molecule has 0 spiro atoms. The maximum absolute atomic E-state index is 12.4. The monoisotopic (exact) mass is 342 g/mol. The van der Waals surface area contributed by atoms with Crippen molar-refractivity contribution >= 4 is 28.7 Å². The minimum absolute atomic E-state index is 0.0181. The van der Waals surface area contributed by atoms with Gasteiger partial charge in [0.2, 0.25) is 0 Å². The van der Waals surface area contributed by atoms with Crippen LogP contribution in [0, 0.1) is 0 Å². The second-order valence-electron chi connectivity index (χ2n) is 5.17. The highest BCUT2D eigenvalue weighted by Gasteiger charge is 2.20. The van der Waals surface area contributed by atoms with Crippen molar-refractivity contribution in [3.05, 3.63) is 59.7 Å². The summed E-state index contributed by atoms with van der Waals surface area (Å²) < 4.78 is 10.0. The van der Waals surface area contributed by atoms with Crippen LogP contribution in [0.15, 0.2) is 48.6 Å². The third kappa shape index (κ3) is 4.67. The number of carboxylic acid groups (broad SMARTS) is 1. The lowest BCUT2D eigenvalue weighted by Crippen LogP contribution is -2.14. The predicted octanol–water partition coefficient (Wildman–Crippen LogP) is 3.20. The van der Waals surface area contributed by atoms with E-state index >= 15 is 0 Å². The highest BCUT2D eigenvalue weighted by molar-refractivity contribution is 6.12. The Bertz CT molecular complexity index is 822. The Morgan fingerprint density at radius 2 is 1.76 bits per heavy atom. The van der Waals surface area contributed by atoms with E-state index in [1.165, 1.54) is 12.1 Å². The predicted molar refractivity (Wildman–Crippen MR) is 91.6 cm³/mol. The molecule has 6 nitrogen and oxygen atoms in total. The molecule has 0 heterocycles. The molecule has 1 N–H and O–H groups in total. The van der Waals surface area contributed by atoms with Crippen LogP contribution in [0.2, 0.25) is 0 Å². The summed E-state index contributed by atoms with van der Waals surface area (Å²) in [6.07, 6.45) is 3.18. The molecule has 0 bridgehead atoms.